The minimum atomic E-state index is -1.44. The minimum Gasteiger partial charge on any atom is -0.451 e. The Kier molecular flexibility index (Phi) is 4.38. The van der Waals surface area contributed by atoms with Gasteiger partial charge in [-0.05, 0) is 19.1 Å². The van der Waals surface area contributed by atoms with Gasteiger partial charge in [-0.3, -0.25) is 0 Å². The maximum Gasteiger partial charge on any atom is 0.255 e. The number of aryl methyl sites for hydroxylation is 1. The molecule has 0 N–H and O–H groups in total. The average molecular weight is 324 g/mol. The molecule has 1 aliphatic heterocycles. The number of aromatic nitrogens is 1. The average Bonchev–Trinajstić information content (AvgIpc) is 2.57. The molecule has 4 nitrogen and oxygen atoms in total. The highest BCUT2D eigenvalue weighted by atomic mass is 19.2. The second kappa shape index (κ2) is 6.45. The quantitative estimate of drug-likeness (QED) is 0.810. The van der Waals surface area contributed by atoms with Gasteiger partial charge in [0, 0.05) is 13.1 Å². The molecule has 0 bridgehead atoms. The van der Waals surface area contributed by atoms with E-state index in [0.29, 0.717) is 26.3 Å². The molecule has 23 heavy (non-hydrogen) atoms. The molecule has 122 valence electrons. The third-order valence-corrected chi connectivity index (χ3v) is 3.53. The van der Waals surface area contributed by atoms with Crippen LogP contribution < -0.4 is 9.64 Å². The van der Waals surface area contributed by atoms with E-state index in [0.717, 1.165) is 5.56 Å². The standard InChI is InChI=1S/C16H15F3N2O2/c1-10-2-4-11(5-3-10)23-14-12(17)15(19)20-16(13(14)18)21-6-8-22-9-7-21/h2-5H,6-9H2,1H3. The fraction of sp³-hybridized carbons (Fsp3) is 0.312. The lowest BCUT2D eigenvalue weighted by Crippen LogP contribution is -2.37. The fourth-order valence-electron chi connectivity index (χ4n) is 2.28. The molecule has 2 heterocycles. The van der Waals surface area contributed by atoms with E-state index in [1.165, 1.54) is 4.90 Å². The van der Waals surface area contributed by atoms with Crippen LogP contribution in [0.5, 0.6) is 11.5 Å². The summed E-state index contributed by atoms with van der Waals surface area (Å²) < 4.78 is 52.6. The van der Waals surface area contributed by atoms with Crippen LogP contribution >= 0.6 is 0 Å². The van der Waals surface area contributed by atoms with Gasteiger partial charge in [0.1, 0.15) is 5.75 Å². The zero-order valence-electron chi connectivity index (χ0n) is 12.5. The van der Waals surface area contributed by atoms with Gasteiger partial charge in [-0.25, -0.2) is 0 Å². The van der Waals surface area contributed by atoms with Crippen LogP contribution in [0.4, 0.5) is 19.0 Å². The van der Waals surface area contributed by atoms with Crippen molar-refractivity contribution in [2.45, 2.75) is 6.92 Å². The Morgan fingerprint density at radius 3 is 2.35 bits per heavy atom. The van der Waals surface area contributed by atoms with E-state index >= 15 is 0 Å². The molecule has 1 aromatic heterocycles. The summed E-state index contributed by atoms with van der Waals surface area (Å²) in [4.78, 5) is 4.89. The molecule has 0 aliphatic carbocycles. The van der Waals surface area contributed by atoms with Gasteiger partial charge in [-0.1, -0.05) is 17.7 Å². The summed E-state index contributed by atoms with van der Waals surface area (Å²) in [5, 5.41) is 0. The Labute approximate surface area is 131 Å². The van der Waals surface area contributed by atoms with Crippen molar-refractivity contribution < 1.29 is 22.6 Å². The first-order valence-electron chi connectivity index (χ1n) is 7.18. The highest BCUT2D eigenvalue weighted by molar-refractivity contribution is 5.48. The number of hydrogen-bond donors (Lipinski definition) is 0. The van der Waals surface area contributed by atoms with E-state index in [1.54, 1.807) is 24.3 Å². The summed E-state index contributed by atoms with van der Waals surface area (Å²) in [7, 11) is 0. The van der Waals surface area contributed by atoms with Gasteiger partial charge in [0.25, 0.3) is 5.95 Å². The van der Waals surface area contributed by atoms with E-state index < -0.39 is 23.3 Å². The van der Waals surface area contributed by atoms with Gasteiger partial charge in [-0.2, -0.15) is 18.2 Å². The molecule has 7 heteroatoms. The maximum atomic E-state index is 14.6. The molecule has 1 saturated heterocycles. The second-order valence-corrected chi connectivity index (χ2v) is 5.20. The summed E-state index contributed by atoms with van der Waals surface area (Å²) in [6.07, 6.45) is 0. The predicted molar refractivity (Wildman–Crippen MR) is 78.4 cm³/mol. The van der Waals surface area contributed by atoms with Crippen molar-refractivity contribution in [3.05, 3.63) is 47.4 Å². The van der Waals surface area contributed by atoms with Gasteiger partial charge in [0.2, 0.25) is 17.4 Å². The normalized spacial score (nSPS) is 14.9. The Morgan fingerprint density at radius 2 is 1.70 bits per heavy atom. The number of halogens is 3. The van der Waals surface area contributed by atoms with E-state index in [-0.39, 0.29) is 11.6 Å². The van der Waals surface area contributed by atoms with Crippen LogP contribution in [-0.4, -0.2) is 31.3 Å². The van der Waals surface area contributed by atoms with E-state index in [9.17, 15) is 13.2 Å². The predicted octanol–water partition coefficient (Wildman–Crippen LogP) is 3.44. The van der Waals surface area contributed by atoms with Crippen molar-refractivity contribution in [2.75, 3.05) is 31.2 Å². The second-order valence-electron chi connectivity index (χ2n) is 5.20. The van der Waals surface area contributed by atoms with Gasteiger partial charge in [-0.15, -0.1) is 0 Å². The van der Waals surface area contributed by atoms with Gasteiger partial charge >= 0.3 is 0 Å². The van der Waals surface area contributed by atoms with Gasteiger partial charge in [0.05, 0.1) is 13.2 Å². The van der Waals surface area contributed by atoms with E-state index in [1.807, 2.05) is 6.92 Å². The van der Waals surface area contributed by atoms with E-state index in [2.05, 4.69) is 4.98 Å². The van der Waals surface area contributed by atoms with Crippen LogP contribution in [0, 0.1) is 24.5 Å². The molecular formula is C16H15F3N2O2. The van der Waals surface area contributed by atoms with Crippen LogP contribution in [0.3, 0.4) is 0 Å². The van der Waals surface area contributed by atoms with Crippen molar-refractivity contribution in [1.82, 2.24) is 4.98 Å². The minimum absolute atomic E-state index is 0.215. The smallest absolute Gasteiger partial charge is 0.255 e. The lowest BCUT2D eigenvalue weighted by atomic mass is 10.2. The maximum absolute atomic E-state index is 14.6. The molecule has 0 saturated carbocycles. The van der Waals surface area contributed by atoms with Gasteiger partial charge < -0.3 is 14.4 Å². The zero-order valence-corrected chi connectivity index (χ0v) is 12.5. The number of anilines is 1. The Bertz CT molecular complexity index is 701. The molecule has 2 aromatic rings. The van der Waals surface area contributed by atoms with Crippen molar-refractivity contribution in [1.29, 1.82) is 0 Å². The first-order valence-corrected chi connectivity index (χ1v) is 7.18. The number of hydrogen-bond acceptors (Lipinski definition) is 4. The number of ether oxygens (including phenoxy) is 2. The summed E-state index contributed by atoms with van der Waals surface area (Å²) in [6, 6.07) is 6.57. The largest absolute Gasteiger partial charge is 0.451 e. The lowest BCUT2D eigenvalue weighted by Gasteiger charge is -2.28. The first kappa shape index (κ1) is 15.6. The number of pyridine rings is 1. The Balaban J connectivity index is 1.97. The number of benzene rings is 1. The topological polar surface area (TPSA) is 34.6 Å². The van der Waals surface area contributed by atoms with Crippen LogP contribution in [0.1, 0.15) is 5.56 Å². The molecule has 0 atom stereocenters. The molecule has 0 spiro atoms. The Morgan fingerprint density at radius 1 is 1.04 bits per heavy atom. The lowest BCUT2D eigenvalue weighted by molar-refractivity contribution is 0.122. The zero-order chi connectivity index (χ0) is 16.4. The number of nitrogens with zero attached hydrogens (tertiary/aromatic N) is 2. The van der Waals surface area contributed by atoms with Crippen molar-refractivity contribution in [2.24, 2.45) is 0 Å². The number of rotatable bonds is 3. The summed E-state index contributed by atoms with van der Waals surface area (Å²) in [6.45, 7) is 3.30. The molecule has 3 rings (SSSR count). The molecule has 0 unspecified atom stereocenters. The third kappa shape index (κ3) is 3.24. The van der Waals surface area contributed by atoms with Crippen LogP contribution in [0.2, 0.25) is 0 Å². The van der Waals surface area contributed by atoms with Crippen molar-refractivity contribution in [3.8, 4) is 11.5 Å². The highest BCUT2D eigenvalue weighted by Crippen LogP contribution is 2.33. The molecule has 0 amide bonds. The van der Waals surface area contributed by atoms with Crippen LogP contribution in [0.15, 0.2) is 24.3 Å². The summed E-state index contributed by atoms with van der Waals surface area (Å²) in [5.41, 5.74) is 0.966. The molecular weight excluding hydrogens is 309 g/mol. The Hall–Kier alpha value is -2.28. The van der Waals surface area contributed by atoms with Crippen molar-refractivity contribution in [3.63, 3.8) is 0 Å². The third-order valence-electron chi connectivity index (χ3n) is 3.53. The summed E-state index contributed by atoms with van der Waals surface area (Å²) >= 11 is 0. The molecule has 1 aromatic carbocycles. The first-order chi connectivity index (χ1) is 11.1. The van der Waals surface area contributed by atoms with Crippen molar-refractivity contribution >= 4 is 5.82 Å². The molecule has 0 radical (unpaired) electrons. The molecule has 1 fully saturated rings. The highest BCUT2D eigenvalue weighted by Gasteiger charge is 2.26. The SMILES string of the molecule is Cc1ccc(Oc2c(F)c(F)nc(N3CCOCC3)c2F)cc1. The number of morpholine rings is 1. The molecule has 1 aliphatic rings. The van der Waals surface area contributed by atoms with Crippen LogP contribution in [-0.2, 0) is 4.74 Å². The fourth-order valence-corrected chi connectivity index (χ4v) is 2.28. The van der Waals surface area contributed by atoms with Gasteiger partial charge in [0.15, 0.2) is 5.82 Å². The monoisotopic (exact) mass is 324 g/mol. The van der Waals surface area contributed by atoms with Crippen LogP contribution in [0.25, 0.3) is 0 Å². The summed E-state index contributed by atoms with van der Waals surface area (Å²) in [5.74, 6) is -4.70. The van der Waals surface area contributed by atoms with E-state index in [4.69, 9.17) is 9.47 Å².